The predicted molar refractivity (Wildman–Crippen MR) is 87.7 cm³/mol. The Balaban J connectivity index is 0.000000754. The van der Waals surface area contributed by atoms with E-state index in [0.717, 1.165) is 5.56 Å². The summed E-state index contributed by atoms with van der Waals surface area (Å²) >= 11 is 0. The summed E-state index contributed by atoms with van der Waals surface area (Å²) in [6.07, 6.45) is 0.952. The maximum Gasteiger partial charge on any atom is 0.320 e. The fourth-order valence-electron chi connectivity index (χ4n) is 1.61. The summed E-state index contributed by atoms with van der Waals surface area (Å²) in [6, 6.07) is 7.04. The second-order valence-electron chi connectivity index (χ2n) is 5.27. The first-order chi connectivity index (χ1) is 11.1. The number of carboxylic acid groups (broad SMARTS) is 3. The number of carboxylic acids is 3. The lowest BCUT2D eigenvalue weighted by atomic mass is 10.0. The Morgan fingerprint density at radius 2 is 1.50 bits per heavy atom. The van der Waals surface area contributed by atoms with Crippen molar-refractivity contribution in [2.45, 2.75) is 44.8 Å². The van der Waals surface area contributed by atoms with Gasteiger partial charge in [0, 0.05) is 0 Å². The predicted octanol–water partition coefficient (Wildman–Crippen LogP) is 0.553. The Bertz CT molecular complexity index is 533. The molecule has 24 heavy (non-hydrogen) atoms. The third kappa shape index (κ3) is 9.54. The highest BCUT2D eigenvalue weighted by Gasteiger charge is 2.22. The van der Waals surface area contributed by atoms with E-state index in [0.29, 0.717) is 12.8 Å². The number of rotatable bonds is 8. The molecule has 0 saturated carbocycles. The minimum Gasteiger partial charge on any atom is -0.480 e. The molecule has 0 bridgehead atoms. The van der Waals surface area contributed by atoms with Crippen LogP contribution >= 0.6 is 0 Å². The van der Waals surface area contributed by atoms with E-state index in [-0.39, 0.29) is 0 Å². The van der Waals surface area contributed by atoms with Gasteiger partial charge in [-0.25, -0.2) is 0 Å². The SMILES string of the molecule is C[C@@H](N[C@@H](CCc1ccccc1)C(=O)O)C(=O)O.C[C@H](N)C(=O)O. The van der Waals surface area contributed by atoms with E-state index in [1.807, 2.05) is 30.3 Å². The molecule has 0 spiro atoms. The van der Waals surface area contributed by atoms with Crippen LogP contribution in [0.25, 0.3) is 0 Å². The smallest absolute Gasteiger partial charge is 0.320 e. The molecular formula is C16H24N2O6. The van der Waals surface area contributed by atoms with Crippen LogP contribution in [0.2, 0.25) is 0 Å². The fourth-order valence-corrected chi connectivity index (χ4v) is 1.61. The topological polar surface area (TPSA) is 150 Å². The van der Waals surface area contributed by atoms with Gasteiger partial charge in [0.05, 0.1) is 0 Å². The second kappa shape index (κ2) is 11.1. The third-order valence-electron chi connectivity index (χ3n) is 3.07. The lowest BCUT2D eigenvalue weighted by molar-refractivity contribution is -0.142. The molecule has 8 nitrogen and oxygen atoms in total. The summed E-state index contributed by atoms with van der Waals surface area (Å²) in [7, 11) is 0. The number of benzene rings is 1. The van der Waals surface area contributed by atoms with Crippen LogP contribution in [0.5, 0.6) is 0 Å². The molecule has 0 aliphatic rings. The third-order valence-corrected chi connectivity index (χ3v) is 3.07. The Morgan fingerprint density at radius 1 is 1.00 bits per heavy atom. The zero-order chi connectivity index (χ0) is 18.7. The van der Waals surface area contributed by atoms with Crippen LogP contribution in [-0.2, 0) is 20.8 Å². The van der Waals surface area contributed by atoms with E-state index in [1.54, 1.807) is 0 Å². The minimum atomic E-state index is -1.05. The highest BCUT2D eigenvalue weighted by atomic mass is 16.4. The van der Waals surface area contributed by atoms with Crippen LogP contribution in [0.4, 0.5) is 0 Å². The van der Waals surface area contributed by atoms with Gasteiger partial charge >= 0.3 is 17.9 Å². The Hall–Kier alpha value is -2.45. The van der Waals surface area contributed by atoms with Gasteiger partial charge < -0.3 is 21.1 Å². The van der Waals surface area contributed by atoms with Crippen molar-refractivity contribution < 1.29 is 29.7 Å². The van der Waals surface area contributed by atoms with Crippen molar-refractivity contribution in [3.05, 3.63) is 35.9 Å². The number of aryl methyl sites for hydroxylation is 1. The highest BCUT2D eigenvalue weighted by Crippen LogP contribution is 2.06. The maximum absolute atomic E-state index is 11.0. The van der Waals surface area contributed by atoms with Crippen LogP contribution in [0.1, 0.15) is 25.8 Å². The number of nitrogens with one attached hydrogen (secondary N) is 1. The van der Waals surface area contributed by atoms with Crippen LogP contribution in [0.15, 0.2) is 30.3 Å². The summed E-state index contributed by atoms with van der Waals surface area (Å²) in [6.45, 7) is 2.85. The highest BCUT2D eigenvalue weighted by molar-refractivity contribution is 5.77. The summed E-state index contributed by atoms with van der Waals surface area (Å²) in [5.74, 6) is -3.05. The van der Waals surface area contributed by atoms with Crippen LogP contribution in [-0.4, -0.2) is 51.4 Å². The molecule has 0 aliphatic carbocycles. The van der Waals surface area contributed by atoms with Crippen molar-refractivity contribution in [1.82, 2.24) is 5.32 Å². The van der Waals surface area contributed by atoms with Gasteiger partial charge in [0.15, 0.2) is 0 Å². The van der Waals surface area contributed by atoms with Crippen LogP contribution < -0.4 is 11.1 Å². The number of nitrogens with two attached hydrogens (primary N) is 1. The largest absolute Gasteiger partial charge is 0.480 e. The molecule has 1 aromatic rings. The first kappa shape index (κ1) is 21.6. The summed E-state index contributed by atoms with van der Waals surface area (Å²) in [4.78, 5) is 31.3. The lowest BCUT2D eigenvalue weighted by Crippen LogP contribution is -2.45. The van der Waals surface area contributed by atoms with Crippen molar-refractivity contribution in [3.8, 4) is 0 Å². The van der Waals surface area contributed by atoms with Gasteiger partial charge in [0.1, 0.15) is 18.1 Å². The van der Waals surface area contributed by atoms with Gasteiger partial charge in [0.25, 0.3) is 0 Å². The minimum absolute atomic E-state index is 0.358. The Kier molecular flexibility index (Phi) is 10.0. The molecular weight excluding hydrogens is 316 g/mol. The molecule has 6 N–H and O–H groups in total. The van der Waals surface area contributed by atoms with E-state index >= 15 is 0 Å². The molecule has 0 heterocycles. The van der Waals surface area contributed by atoms with Crippen LogP contribution in [0.3, 0.4) is 0 Å². The molecule has 1 aromatic carbocycles. The molecule has 0 aliphatic heterocycles. The average molecular weight is 340 g/mol. The molecule has 1 rings (SSSR count). The van der Waals surface area contributed by atoms with Crippen molar-refractivity contribution in [3.63, 3.8) is 0 Å². The molecule has 0 amide bonds. The number of hydrogen-bond acceptors (Lipinski definition) is 5. The van der Waals surface area contributed by atoms with Gasteiger partial charge in [-0.05, 0) is 32.3 Å². The first-order valence-corrected chi connectivity index (χ1v) is 7.39. The van der Waals surface area contributed by atoms with E-state index in [4.69, 9.17) is 21.1 Å². The van der Waals surface area contributed by atoms with Gasteiger partial charge in [-0.15, -0.1) is 0 Å². The zero-order valence-corrected chi connectivity index (χ0v) is 13.7. The molecule has 3 atom stereocenters. The van der Waals surface area contributed by atoms with Gasteiger partial charge in [-0.3, -0.25) is 19.7 Å². The molecule has 8 heteroatoms. The van der Waals surface area contributed by atoms with Gasteiger partial charge in [0.2, 0.25) is 0 Å². The van der Waals surface area contributed by atoms with Gasteiger partial charge in [-0.2, -0.15) is 0 Å². The molecule has 0 saturated heterocycles. The van der Waals surface area contributed by atoms with E-state index in [1.165, 1.54) is 13.8 Å². The van der Waals surface area contributed by atoms with Crippen molar-refractivity contribution in [2.75, 3.05) is 0 Å². The standard InChI is InChI=1S/C13H17NO4.C3H7NO2/c1-9(12(15)16)14-11(13(17)18)8-7-10-5-3-2-4-6-10;1-2(4)3(5)6/h2-6,9,11,14H,7-8H2,1H3,(H,15,16)(H,17,18);2H,4H2,1H3,(H,5,6)/t9-,11+;2-/m10/s1. The van der Waals surface area contributed by atoms with Crippen LogP contribution in [0, 0.1) is 0 Å². The maximum atomic E-state index is 11.0. The van der Waals surface area contributed by atoms with E-state index in [2.05, 4.69) is 5.32 Å². The number of hydrogen-bond donors (Lipinski definition) is 5. The van der Waals surface area contributed by atoms with Gasteiger partial charge in [-0.1, -0.05) is 30.3 Å². The summed E-state index contributed by atoms with van der Waals surface area (Å²) in [5.41, 5.74) is 5.87. The first-order valence-electron chi connectivity index (χ1n) is 7.39. The number of carbonyl (C=O) groups is 3. The lowest BCUT2D eigenvalue weighted by Gasteiger charge is -2.17. The fraction of sp³-hybridized carbons (Fsp3) is 0.438. The van der Waals surface area contributed by atoms with Crippen molar-refractivity contribution in [2.24, 2.45) is 5.73 Å². The van der Waals surface area contributed by atoms with E-state index in [9.17, 15) is 14.4 Å². The molecule has 0 aromatic heterocycles. The normalized spacial score (nSPS) is 13.8. The Morgan fingerprint density at radius 3 is 1.88 bits per heavy atom. The zero-order valence-electron chi connectivity index (χ0n) is 13.7. The van der Waals surface area contributed by atoms with Crippen molar-refractivity contribution >= 4 is 17.9 Å². The monoisotopic (exact) mass is 340 g/mol. The van der Waals surface area contributed by atoms with Crippen molar-refractivity contribution in [1.29, 1.82) is 0 Å². The summed E-state index contributed by atoms with van der Waals surface area (Å²) in [5, 5.41) is 28.2. The quantitative estimate of drug-likeness (QED) is 0.460. The molecule has 0 radical (unpaired) electrons. The average Bonchev–Trinajstić information content (AvgIpc) is 2.52. The Labute approximate surface area is 140 Å². The molecule has 134 valence electrons. The molecule has 0 fully saturated rings. The van der Waals surface area contributed by atoms with E-state index < -0.39 is 36.0 Å². The number of aliphatic carboxylic acids is 3. The second-order valence-corrected chi connectivity index (χ2v) is 5.27. The summed E-state index contributed by atoms with van der Waals surface area (Å²) < 4.78 is 0. The molecule has 0 unspecified atom stereocenters.